The number of rotatable bonds is 6. The molecule has 1 aliphatic rings. The molecule has 0 saturated heterocycles. The molecule has 1 aromatic carbocycles. The molecule has 2 rings (SSSR count). The maximum absolute atomic E-state index is 9.12. The largest absolute Gasteiger partial charge is 0.396 e. The van der Waals surface area contributed by atoms with Crippen LogP contribution in [0.2, 0.25) is 5.02 Å². The Bertz CT molecular complexity index is 393. The van der Waals surface area contributed by atoms with Crippen LogP contribution >= 0.6 is 11.6 Å². The highest BCUT2D eigenvalue weighted by molar-refractivity contribution is 6.31. The van der Waals surface area contributed by atoms with E-state index >= 15 is 0 Å². The molecule has 0 bridgehead atoms. The van der Waals surface area contributed by atoms with E-state index in [1.807, 2.05) is 18.2 Å². The third-order valence-corrected chi connectivity index (χ3v) is 3.96. The van der Waals surface area contributed by atoms with Gasteiger partial charge in [0.2, 0.25) is 0 Å². The van der Waals surface area contributed by atoms with Crippen molar-refractivity contribution in [2.24, 2.45) is 0 Å². The lowest BCUT2D eigenvalue weighted by Gasteiger charge is -2.39. The quantitative estimate of drug-likeness (QED) is 0.834. The molecule has 1 saturated carbocycles. The van der Waals surface area contributed by atoms with Gasteiger partial charge in [-0.2, -0.15) is 0 Å². The Kier molecular flexibility index (Phi) is 4.87. The highest BCUT2D eigenvalue weighted by Crippen LogP contribution is 2.32. The van der Waals surface area contributed by atoms with Crippen LogP contribution in [0, 0.1) is 0 Å². The minimum absolute atomic E-state index is 0.0286. The predicted molar refractivity (Wildman–Crippen MR) is 74.1 cm³/mol. The Labute approximate surface area is 113 Å². The van der Waals surface area contributed by atoms with Crippen molar-refractivity contribution in [1.82, 2.24) is 0 Å². The van der Waals surface area contributed by atoms with E-state index < -0.39 is 0 Å². The maximum Gasteiger partial charge on any atom is 0.0696 e. The molecule has 0 amide bonds. The van der Waals surface area contributed by atoms with Crippen LogP contribution in [0.5, 0.6) is 0 Å². The monoisotopic (exact) mass is 269 g/mol. The topological polar surface area (TPSA) is 43.7 Å². The summed E-state index contributed by atoms with van der Waals surface area (Å²) in [5.74, 6) is 0. The van der Waals surface area contributed by atoms with Crippen LogP contribution in [-0.2, 0) is 6.61 Å². The molecular formula is C14H20ClNO2. The number of anilines is 1. The standard InChI is InChI=1S/C14H20ClNO2/c15-14-9-13(6-5-11(14)10-18)16(7-2-8-17)12-3-1-4-12/h5-6,9,12,17-18H,1-4,7-8,10H2. The van der Waals surface area contributed by atoms with E-state index in [4.69, 9.17) is 21.8 Å². The van der Waals surface area contributed by atoms with E-state index in [2.05, 4.69) is 4.90 Å². The molecule has 1 aliphatic carbocycles. The predicted octanol–water partition coefficient (Wildman–Crippen LogP) is 2.57. The highest BCUT2D eigenvalue weighted by Gasteiger charge is 2.25. The van der Waals surface area contributed by atoms with Gasteiger partial charge >= 0.3 is 0 Å². The Morgan fingerprint density at radius 3 is 2.56 bits per heavy atom. The molecule has 100 valence electrons. The molecule has 3 nitrogen and oxygen atoms in total. The second kappa shape index (κ2) is 6.41. The van der Waals surface area contributed by atoms with Gasteiger partial charge in [-0.15, -0.1) is 0 Å². The fourth-order valence-electron chi connectivity index (χ4n) is 2.31. The molecular weight excluding hydrogens is 250 g/mol. The van der Waals surface area contributed by atoms with Gasteiger partial charge in [0.1, 0.15) is 0 Å². The van der Waals surface area contributed by atoms with Gasteiger partial charge in [0, 0.05) is 29.9 Å². The van der Waals surface area contributed by atoms with E-state index in [-0.39, 0.29) is 13.2 Å². The first kappa shape index (κ1) is 13.7. The Morgan fingerprint density at radius 2 is 2.06 bits per heavy atom. The number of hydrogen-bond donors (Lipinski definition) is 2. The minimum Gasteiger partial charge on any atom is -0.396 e. The van der Waals surface area contributed by atoms with Crippen molar-refractivity contribution in [2.45, 2.75) is 38.3 Å². The molecule has 1 fully saturated rings. The smallest absolute Gasteiger partial charge is 0.0696 e. The summed E-state index contributed by atoms with van der Waals surface area (Å²) < 4.78 is 0. The van der Waals surface area contributed by atoms with E-state index in [0.29, 0.717) is 11.1 Å². The summed E-state index contributed by atoms with van der Waals surface area (Å²) in [6.45, 7) is 1.04. The van der Waals surface area contributed by atoms with Gasteiger partial charge in [0.15, 0.2) is 0 Å². The van der Waals surface area contributed by atoms with Crippen LogP contribution in [0.4, 0.5) is 5.69 Å². The van der Waals surface area contributed by atoms with Crippen LogP contribution in [-0.4, -0.2) is 29.4 Å². The molecule has 0 aliphatic heterocycles. The van der Waals surface area contributed by atoms with Crippen LogP contribution < -0.4 is 4.90 Å². The maximum atomic E-state index is 9.12. The summed E-state index contributed by atoms with van der Waals surface area (Å²) in [4.78, 5) is 2.33. The summed E-state index contributed by atoms with van der Waals surface area (Å²) in [6, 6.07) is 6.38. The lowest BCUT2D eigenvalue weighted by Crippen LogP contribution is -2.41. The lowest BCUT2D eigenvalue weighted by atomic mass is 9.91. The number of aliphatic hydroxyl groups is 2. The van der Waals surface area contributed by atoms with E-state index in [1.54, 1.807) is 0 Å². The zero-order valence-electron chi connectivity index (χ0n) is 10.5. The van der Waals surface area contributed by atoms with Gasteiger partial charge in [-0.05, 0) is 43.4 Å². The second-order valence-electron chi connectivity index (χ2n) is 4.79. The highest BCUT2D eigenvalue weighted by atomic mass is 35.5. The number of benzene rings is 1. The molecule has 0 atom stereocenters. The molecule has 0 spiro atoms. The average Bonchev–Trinajstić information content (AvgIpc) is 2.32. The van der Waals surface area contributed by atoms with Gasteiger partial charge in [0.25, 0.3) is 0 Å². The van der Waals surface area contributed by atoms with Crippen LogP contribution in [0.25, 0.3) is 0 Å². The molecule has 18 heavy (non-hydrogen) atoms. The summed E-state index contributed by atoms with van der Waals surface area (Å²) in [5, 5.41) is 18.7. The average molecular weight is 270 g/mol. The van der Waals surface area contributed by atoms with Crippen LogP contribution in [0.1, 0.15) is 31.2 Å². The Balaban J connectivity index is 2.15. The van der Waals surface area contributed by atoms with Crippen LogP contribution in [0.3, 0.4) is 0 Å². The van der Waals surface area contributed by atoms with E-state index in [9.17, 15) is 0 Å². The van der Waals surface area contributed by atoms with Gasteiger partial charge < -0.3 is 15.1 Å². The summed E-state index contributed by atoms with van der Waals surface area (Å²) in [5.41, 5.74) is 1.85. The number of halogens is 1. The zero-order valence-corrected chi connectivity index (χ0v) is 11.2. The number of nitrogens with zero attached hydrogens (tertiary/aromatic N) is 1. The van der Waals surface area contributed by atoms with Crippen molar-refractivity contribution in [3.8, 4) is 0 Å². The van der Waals surface area contributed by atoms with Crippen molar-refractivity contribution in [3.05, 3.63) is 28.8 Å². The summed E-state index contributed by atoms with van der Waals surface area (Å²) in [7, 11) is 0. The van der Waals surface area contributed by atoms with Gasteiger partial charge in [-0.3, -0.25) is 0 Å². The fraction of sp³-hybridized carbons (Fsp3) is 0.571. The SMILES string of the molecule is OCCCN(c1ccc(CO)c(Cl)c1)C1CCC1. The van der Waals surface area contributed by atoms with Crippen molar-refractivity contribution >= 4 is 17.3 Å². The molecule has 0 radical (unpaired) electrons. The number of aliphatic hydroxyl groups excluding tert-OH is 2. The first-order chi connectivity index (χ1) is 8.76. The fourth-order valence-corrected chi connectivity index (χ4v) is 2.54. The second-order valence-corrected chi connectivity index (χ2v) is 5.20. The third-order valence-electron chi connectivity index (χ3n) is 3.61. The first-order valence-electron chi connectivity index (χ1n) is 6.53. The Hall–Kier alpha value is -0.770. The third kappa shape index (κ3) is 2.97. The van der Waals surface area contributed by atoms with Crippen LogP contribution in [0.15, 0.2) is 18.2 Å². The molecule has 4 heteroatoms. The number of hydrogen-bond acceptors (Lipinski definition) is 3. The first-order valence-corrected chi connectivity index (χ1v) is 6.91. The van der Waals surface area contributed by atoms with E-state index in [1.165, 1.54) is 19.3 Å². The van der Waals surface area contributed by atoms with E-state index in [0.717, 1.165) is 24.2 Å². The van der Waals surface area contributed by atoms with Gasteiger partial charge in [-0.25, -0.2) is 0 Å². The minimum atomic E-state index is -0.0286. The molecule has 1 aromatic rings. The summed E-state index contributed by atoms with van der Waals surface area (Å²) >= 11 is 6.14. The molecule has 0 unspecified atom stereocenters. The zero-order chi connectivity index (χ0) is 13.0. The molecule has 0 heterocycles. The summed E-state index contributed by atoms with van der Waals surface area (Å²) in [6.07, 6.45) is 4.48. The van der Waals surface area contributed by atoms with Crippen molar-refractivity contribution < 1.29 is 10.2 Å². The Morgan fingerprint density at radius 1 is 1.28 bits per heavy atom. The lowest BCUT2D eigenvalue weighted by molar-refractivity contribution is 0.281. The van der Waals surface area contributed by atoms with Gasteiger partial charge in [-0.1, -0.05) is 17.7 Å². The van der Waals surface area contributed by atoms with Crippen molar-refractivity contribution in [2.75, 3.05) is 18.1 Å². The van der Waals surface area contributed by atoms with Gasteiger partial charge in [0.05, 0.1) is 6.61 Å². The normalized spacial score (nSPS) is 15.5. The molecule has 0 aromatic heterocycles. The molecule has 2 N–H and O–H groups in total. The van der Waals surface area contributed by atoms with Crippen molar-refractivity contribution in [1.29, 1.82) is 0 Å². The van der Waals surface area contributed by atoms with Crippen molar-refractivity contribution in [3.63, 3.8) is 0 Å².